The molecule has 0 saturated carbocycles. The van der Waals surface area contributed by atoms with Crippen LogP contribution in [0.2, 0.25) is 0 Å². The minimum atomic E-state index is -3.70. The molecule has 5 nitrogen and oxygen atoms in total. The quantitative estimate of drug-likeness (QED) is 0.593. The Morgan fingerprint density at radius 3 is 2.47 bits per heavy atom. The molecule has 166 valence electrons. The van der Waals surface area contributed by atoms with Crippen molar-refractivity contribution in [1.82, 2.24) is 0 Å². The summed E-state index contributed by atoms with van der Waals surface area (Å²) in [6, 6.07) is 21.0. The number of aryl methyl sites for hydroxylation is 1. The zero-order valence-electron chi connectivity index (χ0n) is 18.8. The summed E-state index contributed by atoms with van der Waals surface area (Å²) in [6.07, 6.45) is 0. The summed E-state index contributed by atoms with van der Waals surface area (Å²) in [5.74, 6) is 0.842. The van der Waals surface area contributed by atoms with Crippen LogP contribution in [0.1, 0.15) is 36.6 Å². The normalized spacial score (nSPS) is 21.1. The molecule has 1 N–H and O–H groups in total. The molecule has 0 aromatic heterocycles. The SMILES string of the molecule is COc1ccc2c(c1)C(C)(C)[C@@H]1CN(S(=O)(=O)c3ccc(C)cc3)c3ccccc3[C@@H]1N2. The van der Waals surface area contributed by atoms with Gasteiger partial charge in [-0.05, 0) is 59.9 Å². The molecule has 0 amide bonds. The van der Waals surface area contributed by atoms with Gasteiger partial charge in [-0.25, -0.2) is 8.42 Å². The van der Waals surface area contributed by atoms with Gasteiger partial charge < -0.3 is 10.1 Å². The van der Waals surface area contributed by atoms with Gasteiger partial charge in [0.25, 0.3) is 10.0 Å². The van der Waals surface area contributed by atoms with E-state index >= 15 is 0 Å². The number of ether oxygens (including phenoxy) is 1. The summed E-state index contributed by atoms with van der Waals surface area (Å²) < 4.78 is 34.6. The maximum atomic E-state index is 13.8. The molecule has 0 unspecified atom stereocenters. The number of hydrogen-bond donors (Lipinski definition) is 1. The Hall–Kier alpha value is -2.99. The monoisotopic (exact) mass is 448 g/mol. The van der Waals surface area contributed by atoms with Crippen LogP contribution < -0.4 is 14.4 Å². The first kappa shape index (κ1) is 20.9. The van der Waals surface area contributed by atoms with Gasteiger partial charge in [-0.1, -0.05) is 49.7 Å². The molecule has 5 rings (SSSR count). The van der Waals surface area contributed by atoms with Gasteiger partial charge in [0.1, 0.15) is 5.75 Å². The van der Waals surface area contributed by atoms with Gasteiger partial charge in [-0.2, -0.15) is 0 Å². The maximum Gasteiger partial charge on any atom is 0.264 e. The number of benzene rings is 3. The number of rotatable bonds is 3. The summed E-state index contributed by atoms with van der Waals surface area (Å²) in [6.45, 7) is 6.76. The van der Waals surface area contributed by atoms with Crippen molar-refractivity contribution in [2.24, 2.45) is 5.92 Å². The molecule has 0 radical (unpaired) electrons. The summed E-state index contributed by atoms with van der Waals surface area (Å²) in [4.78, 5) is 0.319. The average Bonchev–Trinajstić information content (AvgIpc) is 2.79. The molecule has 6 heteroatoms. The predicted octanol–water partition coefficient (Wildman–Crippen LogP) is 5.27. The first-order valence-electron chi connectivity index (χ1n) is 10.9. The van der Waals surface area contributed by atoms with E-state index in [0.717, 1.165) is 33.8 Å². The second kappa shape index (κ2) is 7.27. The van der Waals surface area contributed by atoms with Gasteiger partial charge in [0, 0.05) is 18.2 Å². The zero-order chi connectivity index (χ0) is 22.7. The van der Waals surface area contributed by atoms with E-state index in [9.17, 15) is 8.42 Å². The van der Waals surface area contributed by atoms with Crippen LogP contribution in [0.5, 0.6) is 5.75 Å². The van der Waals surface area contributed by atoms with Gasteiger partial charge in [0.15, 0.2) is 0 Å². The molecule has 0 fully saturated rings. The number of para-hydroxylation sites is 1. The van der Waals surface area contributed by atoms with Gasteiger partial charge in [-0.3, -0.25) is 4.31 Å². The zero-order valence-corrected chi connectivity index (χ0v) is 19.6. The van der Waals surface area contributed by atoms with Crippen molar-refractivity contribution >= 4 is 21.4 Å². The highest BCUT2D eigenvalue weighted by atomic mass is 32.2. The highest BCUT2D eigenvalue weighted by Crippen LogP contribution is 2.53. The van der Waals surface area contributed by atoms with E-state index in [0.29, 0.717) is 11.4 Å². The summed E-state index contributed by atoms with van der Waals surface area (Å²) in [5.41, 5.74) is 4.73. The molecule has 0 aliphatic carbocycles. The van der Waals surface area contributed by atoms with Crippen molar-refractivity contribution in [2.75, 3.05) is 23.3 Å². The first-order valence-corrected chi connectivity index (χ1v) is 12.3. The Kier molecular flexibility index (Phi) is 4.75. The molecule has 2 atom stereocenters. The summed E-state index contributed by atoms with van der Waals surface area (Å²) >= 11 is 0. The fourth-order valence-electron chi connectivity index (χ4n) is 5.14. The molecule has 32 heavy (non-hydrogen) atoms. The van der Waals surface area contributed by atoms with Crippen LogP contribution in [-0.4, -0.2) is 22.1 Å². The molecule has 2 aliphatic heterocycles. The van der Waals surface area contributed by atoms with Crippen LogP contribution in [0.15, 0.2) is 71.6 Å². The molecule has 3 aromatic rings. The number of fused-ring (bicyclic) bond motifs is 4. The van der Waals surface area contributed by atoms with E-state index in [1.54, 1.807) is 23.5 Å². The van der Waals surface area contributed by atoms with Crippen LogP contribution in [-0.2, 0) is 15.4 Å². The van der Waals surface area contributed by atoms with E-state index in [4.69, 9.17) is 4.74 Å². The summed E-state index contributed by atoms with van der Waals surface area (Å²) in [7, 11) is -2.04. The molecular formula is C26H28N2O3S. The second-order valence-electron chi connectivity index (χ2n) is 9.27. The van der Waals surface area contributed by atoms with Gasteiger partial charge >= 0.3 is 0 Å². The highest BCUT2D eigenvalue weighted by molar-refractivity contribution is 7.92. The van der Waals surface area contributed by atoms with E-state index in [-0.39, 0.29) is 17.4 Å². The first-order chi connectivity index (χ1) is 15.2. The third kappa shape index (κ3) is 3.08. The fraction of sp³-hybridized carbons (Fsp3) is 0.308. The Balaban J connectivity index is 1.66. The van der Waals surface area contributed by atoms with Crippen molar-refractivity contribution in [3.05, 3.63) is 83.4 Å². The lowest BCUT2D eigenvalue weighted by molar-refractivity contribution is 0.268. The van der Waals surface area contributed by atoms with Crippen molar-refractivity contribution in [3.8, 4) is 5.75 Å². The third-order valence-corrected chi connectivity index (χ3v) is 8.87. The topological polar surface area (TPSA) is 58.6 Å². The molecule has 2 heterocycles. The Morgan fingerprint density at radius 2 is 1.75 bits per heavy atom. The lowest BCUT2D eigenvalue weighted by atomic mass is 9.64. The average molecular weight is 449 g/mol. The smallest absolute Gasteiger partial charge is 0.264 e. The molecular weight excluding hydrogens is 420 g/mol. The summed E-state index contributed by atoms with van der Waals surface area (Å²) in [5, 5.41) is 3.70. The fourth-order valence-corrected chi connectivity index (χ4v) is 6.66. The lowest BCUT2D eigenvalue weighted by Gasteiger charge is -2.51. The van der Waals surface area contributed by atoms with E-state index in [2.05, 4.69) is 31.3 Å². The number of nitrogens with zero attached hydrogens (tertiary/aromatic N) is 1. The van der Waals surface area contributed by atoms with Gasteiger partial charge in [0.2, 0.25) is 0 Å². The molecule has 0 spiro atoms. The number of nitrogens with one attached hydrogen (secondary N) is 1. The van der Waals surface area contributed by atoms with Crippen LogP contribution >= 0.6 is 0 Å². The Bertz CT molecular complexity index is 1280. The van der Waals surface area contributed by atoms with Crippen LogP contribution in [0, 0.1) is 12.8 Å². The van der Waals surface area contributed by atoms with Crippen LogP contribution in [0.4, 0.5) is 11.4 Å². The Labute approximate surface area is 190 Å². The largest absolute Gasteiger partial charge is 0.497 e. The number of sulfonamides is 1. The standard InChI is InChI=1S/C26H28N2O3S/c1-17-9-12-19(13-10-17)32(29,30)28-16-22-25(20-7-5-6-8-24(20)28)27-23-14-11-18(31-4)15-21(23)26(22,2)3/h5-15,22,25,27H,16H2,1-4H3/t22-,25+/m1/s1. The molecule has 0 bridgehead atoms. The molecule has 2 aliphatic rings. The maximum absolute atomic E-state index is 13.8. The highest BCUT2D eigenvalue weighted by Gasteiger charge is 2.49. The van der Waals surface area contributed by atoms with Crippen molar-refractivity contribution < 1.29 is 13.2 Å². The number of anilines is 2. The van der Waals surface area contributed by atoms with E-state index in [1.165, 1.54) is 0 Å². The van der Waals surface area contributed by atoms with E-state index < -0.39 is 10.0 Å². The van der Waals surface area contributed by atoms with Crippen molar-refractivity contribution in [3.63, 3.8) is 0 Å². The van der Waals surface area contributed by atoms with Gasteiger partial charge in [-0.15, -0.1) is 0 Å². The second-order valence-corrected chi connectivity index (χ2v) is 11.1. The minimum Gasteiger partial charge on any atom is -0.497 e. The van der Waals surface area contributed by atoms with Gasteiger partial charge in [0.05, 0.1) is 23.7 Å². The number of hydrogen-bond acceptors (Lipinski definition) is 4. The van der Waals surface area contributed by atoms with Crippen LogP contribution in [0.25, 0.3) is 0 Å². The molecule has 3 aromatic carbocycles. The van der Waals surface area contributed by atoms with Crippen molar-refractivity contribution in [1.29, 1.82) is 0 Å². The third-order valence-electron chi connectivity index (χ3n) is 7.07. The molecule has 0 saturated heterocycles. The van der Waals surface area contributed by atoms with Crippen LogP contribution in [0.3, 0.4) is 0 Å². The lowest BCUT2D eigenvalue weighted by Crippen LogP contribution is -2.52. The van der Waals surface area contributed by atoms with Crippen molar-refractivity contribution in [2.45, 2.75) is 37.1 Å². The predicted molar refractivity (Wildman–Crippen MR) is 128 cm³/mol. The number of methoxy groups -OCH3 is 1. The van der Waals surface area contributed by atoms with E-state index in [1.807, 2.05) is 49.4 Å². The minimum absolute atomic E-state index is 0.0200. The Morgan fingerprint density at radius 1 is 1.03 bits per heavy atom.